The number of aromatic nitrogens is 3. The van der Waals surface area contributed by atoms with E-state index in [9.17, 15) is 34.2 Å². The molecule has 0 saturated carbocycles. The zero-order chi connectivity index (χ0) is 57.5. The van der Waals surface area contributed by atoms with Crippen LogP contribution in [-0.4, -0.2) is 90.9 Å². The number of rotatable bonds is 15. The maximum absolute atomic E-state index is 14.6. The van der Waals surface area contributed by atoms with E-state index in [2.05, 4.69) is 25.9 Å². The number of nitrogens with one attached hydrogen (secondary N) is 3. The van der Waals surface area contributed by atoms with Gasteiger partial charge in [0.05, 0.1) is 43.9 Å². The monoisotopic (exact) mass is 1120 g/mol. The molecule has 4 amide bonds. The third-order valence-corrected chi connectivity index (χ3v) is 17.3. The summed E-state index contributed by atoms with van der Waals surface area (Å²) in [6, 6.07) is 35.0. The fourth-order valence-electron chi connectivity index (χ4n) is 10.6. The number of carbonyl (C=O) groups is 5. The average Bonchev–Trinajstić information content (AvgIpc) is 4.26. The van der Waals surface area contributed by atoms with Gasteiger partial charge in [0.1, 0.15) is 29.4 Å². The molecule has 2 aliphatic rings. The number of aryl methyl sites for hydroxylation is 1. The molecule has 2 aliphatic heterocycles. The van der Waals surface area contributed by atoms with Gasteiger partial charge in [0.25, 0.3) is 5.91 Å². The van der Waals surface area contributed by atoms with Gasteiger partial charge >= 0.3 is 5.97 Å². The lowest BCUT2D eigenvalue weighted by molar-refractivity contribution is -0.144. The Morgan fingerprint density at radius 1 is 0.815 bits per heavy atom. The molecule has 1 saturated heterocycles. The normalized spacial score (nSPS) is 16.1. The summed E-state index contributed by atoms with van der Waals surface area (Å²) in [6.45, 7) is 15.6. The van der Waals surface area contributed by atoms with Crippen LogP contribution in [0.5, 0.6) is 11.5 Å². The van der Waals surface area contributed by atoms with Gasteiger partial charge < -0.3 is 35.4 Å². The van der Waals surface area contributed by atoms with Crippen molar-refractivity contribution in [1.29, 1.82) is 0 Å². The molecule has 8 aromatic rings. The summed E-state index contributed by atoms with van der Waals surface area (Å²) in [7, 11) is 0. The molecule has 10 rings (SSSR count). The van der Waals surface area contributed by atoms with Crippen LogP contribution in [0, 0.1) is 19.3 Å². The number of hydrogen-bond acceptors (Lipinski definition) is 13. The van der Waals surface area contributed by atoms with Crippen molar-refractivity contribution in [3.05, 3.63) is 172 Å². The number of anilines is 2. The van der Waals surface area contributed by atoms with Gasteiger partial charge in [-0.15, -0.1) is 11.3 Å². The molecule has 416 valence electrons. The van der Waals surface area contributed by atoms with E-state index in [-0.39, 0.29) is 30.6 Å². The van der Waals surface area contributed by atoms with Crippen LogP contribution < -0.4 is 25.6 Å². The van der Waals surface area contributed by atoms with Crippen molar-refractivity contribution in [2.75, 3.05) is 23.3 Å². The number of carboxylic acids is 1. The molecule has 0 radical (unpaired) electrons. The number of ether oxygens (including phenoxy) is 1. The van der Waals surface area contributed by atoms with Crippen LogP contribution in [0.4, 0.5) is 10.9 Å². The van der Waals surface area contributed by atoms with Gasteiger partial charge in [-0.1, -0.05) is 105 Å². The van der Waals surface area contributed by atoms with Gasteiger partial charge in [-0.05, 0) is 134 Å². The Morgan fingerprint density at radius 2 is 1.56 bits per heavy atom. The number of pyridine rings is 1. The molecule has 16 nitrogen and oxygen atoms in total. The van der Waals surface area contributed by atoms with E-state index in [1.807, 2.05) is 119 Å². The SMILES string of the molecule is Cc1ncsc1-c1ccc([C@H](C)NC(=O)[C@@H]2C[C@@H](O)CN2C(=O)[C@@H](NC(=O)C(C)(C)c2ccc(Oc3cccc(-c4ccc(N5CCc6cccc(C(=O)Nc7nc8ccccc8s7)c6C5)nc4C(=O)O)c3C)cc2)C(C)(C)C)cc1. The topological polar surface area (TPSA) is 216 Å². The number of nitrogens with zero attached hydrogens (tertiary/aromatic N) is 5. The predicted octanol–water partition coefficient (Wildman–Crippen LogP) is 11.1. The number of benzene rings is 5. The summed E-state index contributed by atoms with van der Waals surface area (Å²) in [5.41, 5.74) is 8.20. The number of thiazole rings is 2. The highest BCUT2D eigenvalue weighted by atomic mass is 32.1. The summed E-state index contributed by atoms with van der Waals surface area (Å²) in [5, 5.41) is 31.0. The third kappa shape index (κ3) is 11.7. The van der Waals surface area contributed by atoms with Gasteiger partial charge in [0, 0.05) is 37.2 Å². The highest BCUT2D eigenvalue weighted by Crippen LogP contribution is 2.38. The molecule has 5 N–H and O–H groups in total. The summed E-state index contributed by atoms with van der Waals surface area (Å²) >= 11 is 2.97. The molecule has 4 atom stereocenters. The van der Waals surface area contributed by atoms with E-state index in [1.165, 1.54) is 16.2 Å². The van der Waals surface area contributed by atoms with Crippen molar-refractivity contribution in [3.8, 4) is 33.1 Å². The average molecular weight is 1130 g/mol. The number of carboxylic acid groups (broad SMARTS) is 1. The summed E-state index contributed by atoms with van der Waals surface area (Å²) in [6.07, 6.45) is -0.230. The largest absolute Gasteiger partial charge is 0.476 e. The minimum Gasteiger partial charge on any atom is -0.476 e. The molecule has 0 unspecified atom stereocenters. The zero-order valence-corrected chi connectivity index (χ0v) is 48.0. The standard InChI is InChI=1S/C63H64N8O8S2/c1-35-44(45-27-28-52(67-53(45)59(76)77)70-30-29-39-13-11-15-46(47(39)33-70)56(73)69-61-66-48-16-9-10-18-51(48)81-61)14-12-17-50(35)79-43-25-23-41(24-26-43)63(7,8)60(78)68-55(62(4,5)6)58(75)71-32-42(72)31-49(71)57(74)65-36(2)38-19-21-40(22-20-38)54-37(3)64-34-80-54/h9-28,34,36,42,49,55,72H,29-33H2,1-8H3,(H,65,74)(H,68,78)(H,76,77)(H,66,69,73)/t36-,42+,49-,55+/m0/s1. The predicted molar refractivity (Wildman–Crippen MR) is 316 cm³/mol. The van der Waals surface area contributed by atoms with Crippen LogP contribution in [0.25, 0.3) is 31.8 Å². The van der Waals surface area contributed by atoms with Gasteiger partial charge in [0.2, 0.25) is 17.7 Å². The number of β-amino-alcohol motifs (C(OH)–C–C–N with tert-alkyl or cyclic N) is 1. The fraction of sp³-hybridized carbons (Fsp3) is 0.302. The van der Waals surface area contributed by atoms with Crippen LogP contribution in [0.2, 0.25) is 0 Å². The van der Waals surface area contributed by atoms with E-state index in [0.29, 0.717) is 69.8 Å². The van der Waals surface area contributed by atoms with E-state index in [1.54, 1.807) is 79.8 Å². The van der Waals surface area contributed by atoms with Gasteiger partial charge in [-0.25, -0.2) is 19.7 Å². The second-order valence-electron chi connectivity index (χ2n) is 22.4. The number of aliphatic hydroxyl groups excluding tert-OH is 1. The van der Waals surface area contributed by atoms with Crippen LogP contribution in [0.15, 0.2) is 127 Å². The van der Waals surface area contributed by atoms with Gasteiger partial charge in [0.15, 0.2) is 10.8 Å². The maximum atomic E-state index is 14.6. The smallest absolute Gasteiger partial charge is 0.355 e. The molecule has 18 heteroatoms. The van der Waals surface area contributed by atoms with Crippen molar-refractivity contribution < 1.29 is 38.9 Å². The first-order chi connectivity index (χ1) is 38.6. The molecular formula is C63H64N8O8S2. The Balaban J connectivity index is 0.797. The van der Waals surface area contributed by atoms with Crippen LogP contribution in [0.3, 0.4) is 0 Å². The third-order valence-electron chi connectivity index (χ3n) is 15.4. The first-order valence-electron chi connectivity index (χ1n) is 26.9. The molecule has 5 heterocycles. The lowest BCUT2D eigenvalue weighted by Gasteiger charge is -2.37. The number of aliphatic hydroxyl groups is 1. The molecule has 5 aromatic carbocycles. The minimum atomic E-state index is -1.19. The molecular weight excluding hydrogens is 1060 g/mol. The number of likely N-dealkylation sites (tertiary alicyclic amines) is 1. The Hall–Kier alpha value is -8.32. The summed E-state index contributed by atoms with van der Waals surface area (Å²) < 4.78 is 7.40. The van der Waals surface area contributed by atoms with E-state index < -0.39 is 52.7 Å². The fourth-order valence-corrected chi connectivity index (χ4v) is 12.3. The molecule has 1 fully saturated rings. The van der Waals surface area contributed by atoms with Gasteiger partial charge in [-0.3, -0.25) is 24.5 Å². The summed E-state index contributed by atoms with van der Waals surface area (Å²) in [5.74, 6) is -1.30. The van der Waals surface area contributed by atoms with Crippen molar-refractivity contribution in [1.82, 2.24) is 30.5 Å². The van der Waals surface area contributed by atoms with Crippen molar-refractivity contribution in [2.45, 2.75) is 104 Å². The van der Waals surface area contributed by atoms with Crippen molar-refractivity contribution in [3.63, 3.8) is 0 Å². The number of carbonyl (C=O) groups excluding carboxylic acids is 4. The van der Waals surface area contributed by atoms with Crippen LogP contribution >= 0.6 is 22.7 Å². The quantitative estimate of drug-likeness (QED) is 0.0648. The van der Waals surface area contributed by atoms with Gasteiger partial charge in [-0.2, -0.15) is 0 Å². The second kappa shape index (κ2) is 22.7. The highest BCUT2D eigenvalue weighted by Gasteiger charge is 2.46. The Kier molecular flexibility index (Phi) is 15.7. The van der Waals surface area contributed by atoms with Crippen molar-refractivity contribution >= 4 is 73.4 Å². The zero-order valence-electron chi connectivity index (χ0n) is 46.4. The Morgan fingerprint density at radius 3 is 2.26 bits per heavy atom. The first kappa shape index (κ1) is 56.0. The lowest BCUT2D eigenvalue weighted by atomic mass is 9.81. The van der Waals surface area contributed by atoms with Crippen molar-refractivity contribution in [2.24, 2.45) is 5.41 Å². The molecule has 0 spiro atoms. The van der Waals surface area contributed by atoms with Crippen LogP contribution in [0.1, 0.15) is 108 Å². The minimum absolute atomic E-state index is 0.0549. The molecule has 0 aliphatic carbocycles. The Bertz CT molecular complexity index is 3690. The molecule has 81 heavy (non-hydrogen) atoms. The van der Waals surface area contributed by atoms with E-state index in [0.717, 1.165) is 43.0 Å². The Labute approximate surface area is 478 Å². The number of para-hydroxylation sites is 1. The van der Waals surface area contributed by atoms with E-state index >= 15 is 0 Å². The second-order valence-corrected chi connectivity index (χ2v) is 24.3. The molecule has 0 bridgehead atoms. The number of aromatic carboxylic acids is 1. The number of fused-ring (bicyclic) bond motifs is 2. The first-order valence-corrected chi connectivity index (χ1v) is 28.6. The highest BCUT2D eigenvalue weighted by molar-refractivity contribution is 7.22. The lowest BCUT2D eigenvalue weighted by Crippen LogP contribution is -2.59. The van der Waals surface area contributed by atoms with Crippen LogP contribution in [-0.2, 0) is 32.8 Å². The maximum Gasteiger partial charge on any atom is 0.355 e. The van der Waals surface area contributed by atoms with E-state index in [4.69, 9.17) is 9.72 Å². The molecule has 3 aromatic heterocycles. The number of amides is 4. The number of hydrogen-bond donors (Lipinski definition) is 5. The summed E-state index contributed by atoms with van der Waals surface area (Å²) in [4.78, 5) is 87.6.